The molecule has 0 saturated heterocycles. The largest absolute Gasteiger partial charge is 0.361 e. The quantitative estimate of drug-likeness (QED) is 0.489. The molecule has 0 unspecified atom stereocenters. The summed E-state index contributed by atoms with van der Waals surface area (Å²) in [7, 11) is 0. The van der Waals surface area contributed by atoms with Gasteiger partial charge >= 0.3 is 0 Å². The van der Waals surface area contributed by atoms with Gasteiger partial charge in [-0.15, -0.1) is 0 Å². The summed E-state index contributed by atoms with van der Waals surface area (Å²) in [6.07, 6.45) is 0.877. The Kier molecular flexibility index (Phi) is 5.28. The van der Waals surface area contributed by atoms with E-state index >= 15 is 0 Å². The molecule has 0 saturated carbocycles. The molecule has 1 aromatic heterocycles. The fraction of sp³-hybridized carbons (Fsp3) is 0.214. The zero-order chi connectivity index (χ0) is 15.1. The van der Waals surface area contributed by atoms with Crippen molar-refractivity contribution in [3.63, 3.8) is 0 Å². The number of hydrazine groups is 1. The number of hydrogen-bond acceptors (Lipinski definition) is 4. The number of rotatable bonds is 5. The Hall–Kier alpha value is -2.41. The molecule has 0 bridgehead atoms. The van der Waals surface area contributed by atoms with Crippen LogP contribution in [0.1, 0.15) is 11.3 Å². The number of aryl methyl sites for hydroxylation is 1. The van der Waals surface area contributed by atoms with Crippen molar-refractivity contribution in [1.29, 1.82) is 0 Å². The molecule has 0 aliphatic heterocycles. The number of thiocarbonyl (C=S) groups is 1. The minimum absolute atomic E-state index is 0.213. The number of H-pyrrole nitrogens is 1. The molecule has 1 heterocycles. The molecule has 2 aromatic rings. The number of nitrogens with zero attached hydrogens (tertiary/aromatic N) is 1. The summed E-state index contributed by atoms with van der Waals surface area (Å²) in [5.74, 6) is 0.326. The van der Waals surface area contributed by atoms with Crippen LogP contribution in [0.3, 0.4) is 0 Å². The summed E-state index contributed by atoms with van der Waals surface area (Å²) in [5.41, 5.74) is 7.19. The van der Waals surface area contributed by atoms with Gasteiger partial charge < -0.3 is 5.32 Å². The number of nitrogens with one attached hydrogen (secondary N) is 4. The second kappa shape index (κ2) is 7.39. The second-order valence-electron chi connectivity index (χ2n) is 4.48. The number of benzene rings is 1. The second-order valence-corrected chi connectivity index (χ2v) is 4.89. The average Bonchev–Trinajstić information content (AvgIpc) is 2.45. The van der Waals surface area contributed by atoms with Crippen molar-refractivity contribution >= 4 is 23.3 Å². The Bertz CT molecular complexity index is 656. The summed E-state index contributed by atoms with van der Waals surface area (Å²) in [4.78, 5) is 17.9. The van der Waals surface area contributed by atoms with Gasteiger partial charge in [0, 0.05) is 18.3 Å². The van der Waals surface area contributed by atoms with E-state index in [0.29, 0.717) is 16.8 Å². The maximum Gasteiger partial charge on any atom is 0.252 e. The van der Waals surface area contributed by atoms with Crippen LogP contribution in [0.5, 0.6) is 0 Å². The zero-order valence-corrected chi connectivity index (χ0v) is 12.5. The number of hydrogen-bond donors (Lipinski definition) is 4. The predicted octanol–water partition coefficient (Wildman–Crippen LogP) is 1.11. The first-order valence-electron chi connectivity index (χ1n) is 6.55. The molecule has 0 fully saturated rings. The molecule has 0 radical (unpaired) electrons. The lowest BCUT2D eigenvalue weighted by molar-refractivity contribution is 0.844. The van der Waals surface area contributed by atoms with Gasteiger partial charge in [-0.3, -0.25) is 20.6 Å². The third kappa shape index (κ3) is 5.23. The molecular weight excluding hydrogens is 286 g/mol. The zero-order valence-electron chi connectivity index (χ0n) is 11.6. The fourth-order valence-corrected chi connectivity index (χ4v) is 1.92. The normalized spacial score (nSPS) is 9.95. The van der Waals surface area contributed by atoms with Crippen LogP contribution >= 0.6 is 12.2 Å². The predicted molar refractivity (Wildman–Crippen MR) is 87.1 cm³/mol. The summed E-state index contributed by atoms with van der Waals surface area (Å²) in [6.45, 7) is 2.46. The highest BCUT2D eigenvalue weighted by Crippen LogP contribution is 1.98. The van der Waals surface area contributed by atoms with E-state index in [-0.39, 0.29) is 5.56 Å². The van der Waals surface area contributed by atoms with Crippen LogP contribution in [0.2, 0.25) is 0 Å². The molecule has 110 valence electrons. The van der Waals surface area contributed by atoms with E-state index in [9.17, 15) is 4.79 Å². The first-order valence-corrected chi connectivity index (χ1v) is 6.96. The minimum atomic E-state index is -0.213. The van der Waals surface area contributed by atoms with Crippen LogP contribution < -0.4 is 21.7 Å². The molecule has 6 nitrogen and oxygen atoms in total. The highest BCUT2D eigenvalue weighted by atomic mass is 32.1. The van der Waals surface area contributed by atoms with Gasteiger partial charge in [0.1, 0.15) is 0 Å². The molecule has 21 heavy (non-hydrogen) atoms. The molecule has 4 N–H and O–H groups in total. The van der Waals surface area contributed by atoms with Crippen LogP contribution in [0, 0.1) is 6.92 Å². The van der Waals surface area contributed by atoms with E-state index in [2.05, 4.69) is 38.3 Å². The molecule has 2 rings (SSSR count). The first kappa shape index (κ1) is 15.0. The highest BCUT2D eigenvalue weighted by Gasteiger charge is 1.99. The third-order valence-corrected chi connectivity index (χ3v) is 2.95. The van der Waals surface area contributed by atoms with Crippen molar-refractivity contribution in [3.05, 3.63) is 58.0 Å². The molecule has 1 aromatic carbocycles. The smallest absolute Gasteiger partial charge is 0.252 e. The summed E-state index contributed by atoms with van der Waals surface area (Å²) in [5, 5.41) is 3.51. The lowest BCUT2D eigenvalue weighted by Crippen LogP contribution is -2.40. The van der Waals surface area contributed by atoms with Gasteiger partial charge in [-0.05, 0) is 31.1 Å². The molecule has 0 amide bonds. The fourth-order valence-electron chi connectivity index (χ4n) is 1.76. The summed E-state index contributed by atoms with van der Waals surface area (Å²) < 4.78 is 0. The van der Waals surface area contributed by atoms with Crippen LogP contribution in [-0.4, -0.2) is 21.6 Å². The Balaban J connectivity index is 1.73. The Morgan fingerprint density at radius 2 is 2.10 bits per heavy atom. The number of anilines is 1. The standard InChI is InChI=1S/C14H17N5OS/c1-10-9-12(20)17-13(16-10)18-19-14(21)15-8-7-11-5-3-2-4-6-11/h2-6,9H,7-8H2,1H3,(H2,15,19,21)(H2,16,17,18,20). The van der Waals surface area contributed by atoms with Crippen molar-refractivity contribution in [2.45, 2.75) is 13.3 Å². The van der Waals surface area contributed by atoms with Gasteiger partial charge in [-0.1, -0.05) is 30.3 Å². The van der Waals surface area contributed by atoms with E-state index in [1.165, 1.54) is 11.6 Å². The van der Waals surface area contributed by atoms with Crippen molar-refractivity contribution in [2.24, 2.45) is 0 Å². The molecule has 7 heteroatoms. The molecule has 0 atom stereocenters. The Morgan fingerprint density at radius 3 is 2.81 bits per heavy atom. The van der Waals surface area contributed by atoms with Gasteiger partial charge in [0.25, 0.3) is 5.56 Å². The third-order valence-electron chi connectivity index (χ3n) is 2.71. The Morgan fingerprint density at radius 1 is 1.33 bits per heavy atom. The van der Waals surface area contributed by atoms with E-state index in [1.807, 2.05) is 18.2 Å². The number of aromatic amines is 1. The van der Waals surface area contributed by atoms with E-state index in [1.54, 1.807) is 6.92 Å². The van der Waals surface area contributed by atoms with E-state index in [0.717, 1.165) is 13.0 Å². The van der Waals surface area contributed by atoms with Crippen molar-refractivity contribution in [1.82, 2.24) is 20.7 Å². The van der Waals surface area contributed by atoms with E-state index in [4.69, 9.17) is 12.2 Å². The highest BCUT2D eigenvalue weighted by molar-refractivity contribution is 7.80. The summed E-state index contributed by atoms with van der Waals surface area (Å²) >= 11 is 5.13. The van der Waals surface area contributed by atoms with Gasteiger partial charge in [0.2, 0.25) is 5.95 Å². The van der Waals surface area contributed by atoms with Gasteiger partial charge in [0.05, 0.1) is 0 Å². The van der Waals surface area contributed by atoms with Crippen LogP contribution in [0.4, 0.5) is 5.95 Å². The molecule has 0 spiro atoms. The van der Waals surface area contributed by atoms with E-state index < -0.39 is 0 Å². The first-order chi connectivity index (χ1) is 10.1. The molecule has 0 aliphatic carbocycles. The van der Waals surface area contributed by atoms with Crippen LogP contribution in [-0.2, 0) is 6.42 Å². The molecule has 0 aliphatic rings. The van der Waals surface area contributed by atoms with Gasteiger partial charge in [-0.25, -0.2) is 4.98 Å². The number of aromatic nitrogens is 2. The van der Waals surface area contributed by atoms with Gasteiger partial charge in [0.15, 0.2) is 5.11 Å². The SMILES string of the molecule is Cc1cc(=O)[nH]c(NNC(=S)NCCc2ccccc2)n1. The monoisotopic (exact) mass is 303 g/mol. The maximum absolute atomic E-state index is 11.3. The lowest BCUT2D eigenvalue weighted by atomic mass is 10.1. The van der Waals surface area contributed by atoms with Crippen molar-refractivity contribution in [3.8, 4) is 0 Å². The molecular formula is C14H17N5OS. The average molecular weight is 303 g/mol. The Labute approximate surface area is 128 Å². The van der Waals surface area contributed by atoms with Crippen molar-refractivity contribution in [2.75, 3.05) is 12.0 Å². The van der Waals surface area contributed by atoms with Gasteiger partial charge in [-0.2, -0.15) is 0 Å². The topological polar surface area (TPSA) is 81.8 Å². The lowest BCUT2D eigenvalue weighted by Gasteiger charge is -2.11. The van der Waals surface area contributed by atoms with Crippen LogP contribution in [0.15, 0.2) is 41.2 Å². The van der Waals surface area contributed by atoms with Crippen LogP contribution in [0.25, 0.3) is 0 Å². The maximum atomic E-state index is 11.3. The summed E-state index contributed by atoms with van der Waals surface area (Å²) in [6, 6.07) is 11.6. The van der Waals surface area contributed by atoms with Crippen molar-refractivity contribution < 1.29 is 0 Å². The minimum Gasteiger partial charge on any atom is -0.361 e.